The Morgan fingerprint density at radius 1 is 0.806 bits per heavy atom. The highest BCUT2D eigenvalue weighted by atomic mass is 16.3. The van der Waals surface area contributed by atoms with Crippen LogP contribution in [0.2, 0.25) is 0 Å². The first kappa shape index (κ1) is 28.9. The number of aliphatic hydroxyl groups excluding tert-OH is 1. The molecule has 0 aromatic heterocycles. The quantitative estimate of drug-likeness (QED) is 0.241. The Morgan fingerprint density at radius 3 is 2.28 bits per heavy atom. The van der Waals surface area contributed by atoms with Crippen molar-refractivity contribution in [3.05, 3.63) is 0 Å². The monoisotopic (exact) mass is 502 g/mol. The van der Waals surface area contributed by atoms with Crippen molar-refractivity contribution < 1.29 is 5.11 Å². The standard InChI is InChI=1S/C33H62N2O/c1-23(2)11-10-12-24(3)27-13-14-28-26-22-31(35-20-9-7-6-8-19-34)30-21-25(36)15-17-33(30,5)29(26)16-18-32(27,28)4/h23-31,35-36H,6-22,34H2,1-5H3. The zero-order chi connectivity index (χ0) is 25.9. The van der Waals surface area contributed by atoms with Crippen LogP contribution in [0, 0.1) is 52.3 Å². The molecule has 0 bridgehead atoms. The molecule has 3 heteroatoms. The van der Waals surface area contributed by atoms with E-state index in [9.17, 15) is 5.11 Å². The molecule has 210 valence electrons. The molecule has 3 nitrogen and oxygen atoms in total. The lowest BCUT2D eigenvalue weighted by molar-refractivity contribution is -0.141. The number of rotatable bonds is 12. The number of unbranched alkanes of at least 4 members (excludes halogenated alkanes) is 3. The largest absolute Gasteiger partial charge is 0.393 e. The fourth-order valence-corrected chi connectivity index (χ4v) is 10.5. The first-order valence-electron chi connectivity index (χ1n) is 16.3. The van der Waals surface area contributed by atoms with Gasteiger partial charge in [0.05, 0.1) is 6.10 Å². The fourth-order valence-electron chi connectivity index (χ4n) is 10.5. The minimum Gasteiger partial charge on any atom is -0.393 e. The van der Waals surface area contributed by atoms with Gasteiger partial charge in [-0.3, -0.25) is 0 Å². The van der Waals surface area contributed by atoms with Gasteiger partial charge >= 0.3 is 0 Å². The van der Waals surface area contributed by atoms with Gasteiger partial charge in [-0.15, -0.1) is 0 Å². The molecule has 4 N–H and O–H groups in total. The summed E-state index contributed by atoms with van der Waals surface area (Å²) in [5.74, 6) is 6.01. The van der Waals surface area contributed by atoms with Gasteiger partial charge in [-0.25, -0.2) is 0 Å². The maximum atomic E-state index is 10.7. The van der Waals surface area contributed by atoms with Crippen molar-refractivity contribution in [3.63, 3.8) is 0 Å². The third kappa shape index (κ3) is 5.89. The van der Waals surface area contributed by atoms with E-state index in [2.05, 4.69) is 39.9 Å². The molecule has 36 heavy (non-hydrogen) atoms. The molecule has 4 saturated carbocycles. The zero-order valence-corrected chi connectivity index (χ0v) is 24.7. The Bertz CT molecular complexity index is 681. The summed E-state index contributed by atoms with van der Waals surface area (Å²) >= 11 is 0. The van der Waals surface area contributed by atoms with E-state index in [0.717, 1.165) is 67.9 Å². The van der Waals surface area contributed by atoms with Gasteiger partial charge in [0.25, 0.3) is 0 Å². The number of hydrogen-bond donors (Lipinski definition) is 3. The second-order valence-electron chi connectivity index (χ2n) is 14.9. The number of nitrogens with two attached hydrogens (primary N) is 1. The van der Waals surface area contributed by atoms with Crippen LogP contribution < -0.4 is 11.1 Å². The Kier molecular flexibility index (Phi) is 9.93. The summed E-state index contributed by atoms with van der Waals surface area (Å²) in [5, 5.41) is 14.8. The summed E-state index contributed by atoms with van der Waals surface area (Å²) in [7, 11) is 0. The predicted octanol–water partition coefficient (Wildman–Crippen LogP) is 7.56. The average molecular weight is 503 g/mol. The summed E-state index contributed by atoms with van der Waals surface area (Å²) in [6, 6.07) is 0.602. The number of aliphatic hydroxyl groups is 1. The van der Waals surface area contributed by atoms with E-state index in [1.54, 1.807) is 0 Å². The van der Waals surface area contributed by atoms with E-state index < -0.39 is 0 Å². The van der Waals surface area contributed by atoms with Crippen LogP contribution in [0.4, 0.5) is 0 Å². The highest BCUT2D eigenvalue weighted by Gasteiger charge is 2.62. The van der Waals surface area contributed by atoms with Crippen LogP contribution in [0.1, 0.15) is 131 Å². The average Bonchev–Trinajstić information content (AvgIpc) is 3.19. The first-order valence-corrected chi connectivity index (χ1v) is 16.3. The normalized spacial score (nSPS) is 43.2. The van der Waals surface area contributed by atoms with Crippen molar-refractivity contribution in [3.8, 4) is 0 Å². The van der Waals surface area contributed by atoms with Gasteiger partial charge < -0.3 is 16.2 Å². The lowest BCUT2D eigenvalue weighted by Gasteiger charge is -2.63. The van der Waals surface area contributed by atoms with E-state index >= 15 is 0 Å². The van der Waals surface area contributed by atoms with Crippen molar-refractivity contribution in [1.82, 2.24) is 5.32 Å². The van der Waals surface area contributed by atoms with Crippen LogP contribution in [0.25, 0.3) is 0 Å². The highest BCUT2D eigenvalue weighted by molar-refractivity contribution is 5.12. The molecule has 0 aromatic rings. The highest BCUT2D eigenvalue weighted by Crippen LogP contribution is 2.68. The van der Waals surface area contributed by atoms with Gasteiger partial charge in [-0.05, 0) is 130 Å². The predicted molar refractivity (Wildman–Crippen MR) is 154 cm³/mol. The summed E-state index contributed by atoms with van der Waals surface area (Å²) in [5.41, 5.74) is 6.68. The molecule has 0 aromatic carbocycles. The SMILES string of the molecule is CC(C)CCCC(C)C1CCC2C3CC(NCCCCCCN)C4CC(O)CCC4(C)C3CCC12C. The van der Waals surface area contributed by atoms with E-state index in [-0.39, 0.29) is 6.10 Å². The Balaban J connectivity index is 1.46. The third-order valence-electron chi connectivity index (χ3n) is 12.4. The van der Waals surface area contributed by atoms with Crippen molar-refractivity contribution >= 4 is 0 Å². The first-order chi connectivity index (χ1) is 17.2. The van der Waals surface area contributed by atoms with Crippen LogP contribution in [0.3, 0.4) is 0 Å². The maximum Gasteiger partial charge on any atom is 0.0543 e. The molecule has 4 aliphatic carbocycles. The molecule has 0 saturated heterocycles. The molecular formula is C33H62N2O. The second kappa shape index (κ2) is 12.4. The van der Waals surface area contributed by atoms with Crippen molar-refractivity contribution in [2.75, 3.05) is 13.1 Å². The molecule has 10 unspecified atom stereocenters. The van der Waals surface area contributed by atoms with Gasteiger partial charge in [-0.1, -0.05) is 66.7 Å². The smallest absolute Gasteiger partial charge is 0.0543 e. The van der Waals surface area contributed by atoms with Crippen molar-refractivity contribution in [1.29, 1.82) is 0 Å². The second-order valence-corrected chi connectivity index (χ2v) is 14.9. The Hall–Kier alpha value is -0.120. The lowest BCUT2D eigenvalue weighted by atomic mass is 9.43. The van der Waals surface area contributed by atoms with Crippen LogP contribution in [-0.4, -0.2) is 30.3 Å². The van der Waals surface area contributed by atoms with Crippen LogP contribution in [0.5, 0.6) is 0 Å². The number of nitrogens with one attached hydrogen (secondary N) is 1. The molecule has 0 amide bonds. The molecular weight excluding hydrogens is 440 g/mol. The van der Waals surface area contributed by atoms with Crippen molar-refractivity contribution in [2.45, 2.75) is 143 Å². The summed E-state index contributed by atoms with van der Waals surface area (Å²) in [6.07, 6.45) is 19.7. The minimum absolute atomic E-state index is 0.0788. The third-order valence-corrected chi connectivity index (χ3v) is 12.4. The zero-order valence-electron chi connectivity index (χ0n) is 24.7. The molecule has 4 fully saturated rings. The van der Waals surface area contributed by atoms with E-state index in [4.69, 9.17) is 5.73 Å². The van der Waals surface area contributed by atoms with Crippen LogP contribution in [-0.2, 0) is 0 Å². The van der Waals surface area contributed by atoms with Gasteiger partial charge in [-0.2, -0.15) is 0 Å². The van der Waals surface area contributed by atoms with Gasteiger partial charge in [0.15, 0.2) is 0 Å². The maximum absolute atomic E-state index is 10.7. The van der Waals surface area contributed by atoms with Gasteiger partial charge in [0.1, 0.15) is 0 Å². The summed E-state index contributed by atoms with van der Waals surface area (Å²) in [4.78, 5) is 0. The molecule has 4 aliphatic rings. The van der Waals surface area contributed by atoms with Crippen molar-refractivity contribution in [2.24, 2.45) is 58.0 Å². The van der Waals surface area contributed by atoms with E-state index in [1.807, 2.05) is 0 Å². The number of fused-ring (bicyclic) bond motifs is 5. The number of hydrogen-bond acceptors (Lipinski definition) is 3. The van der Waals surface area contributed by atoms with E-state index in [0.29, 0.717) is 22.8 Å². The Labute approximate surface area is 224 Å². The van der Waals surface area contributed by atoms with E-state index in [1.165, 1.54) is 77.0 Å². The summed E-state index contributed by atoms with van der Waals surface area (Å²) in [6.45, 7) is 14.7. The van der Waals surface area contributed by atoms with Crippen LogP contribution >= 0.6 is 0 Å². The molecule has 0 spiro atoms. The Morgan fingerprint density at radius 2 is 1.53 bits per heavy atom. The topological polar surface area (TPSA) is 58.3 Å². The summed E-state index contributed by atoms with van der Waals surface area (Å²) < 4.78 is 0. The van der Waals surface area contributed by atoms with Gasteiger partial charge in [0, 0.05) is 6.04 Å². The minimum atomic E-state index is -0.0788. The van der Waals surface area contributed by atoms with Crippen LogP contribution in [0.15, 0.2) is 0 Å². The lowest BCUT2D eigenvalue weighted by Crippen LogP contribution is -2.61. The molecule has 0 aliphatic heterocycles. The molecule has 0 heterocycles. The van der Waals surface area contributed by atoms with Gasteiger partial charge in [0.2, 0.25) is 0 Å². The molecule has 10 atom stereocenters. The molecule has 4 rings (SSSR count). The fraction of sp³-hybridized carbons (Fsp3) is 1.00. The molecule has 0 radical (unpaired) electrons.